The van der Waals surface area contributed by atoms with E-state index in [1.165, 1.54) is 16.9 Å². The summed E-state index contributed by atoms with van der Waals surface area (Å²) >= 11 is 13.4. The Morgan fingerprint density at radius 3 is 2.72 bits per heavy atom. The molecule has 4 nitrogen and oxygen atoms in total. The molecule has 0 aliphatic rings. The van der Waals surface area contributed by atoms with E-state index in [1.807, 2.05) is 31.2 Å². The maximum Gasteiger partial charge on any atom is 0.275 e. The summed E-state index contributed by atoms with van der Waals surface area (Å²) < 4.78 is 5.67. The lowest BCUT2D eigenvalue weighted by atomic mass is 10.2. The molecule has 0 atom stereocenters. The second-order valence-electron chi connectivity index (χ2n) is 5.28. The highest BCUT2D eigenvalue weighted by atomic mass is 35.5. The van der Waals surface area contributed by atoms with Gasteiger partial charge in [0.2, 0.25) is 0 Å². The molecule has 0 radical (unpaired) electrons. The number of benzene rings is 2. The van der Waals surface area contributed by atoms with Crippen LogP contribution in [-0.2, 0) is 6.61 Å². The summed E-state index contributed by atoms with van der Waals surface area (Å²) in [5.74, 6) is 0.416. The summed E-state index contributed by atoms with van der Waals surface area (Å²) in [4.78, 5) is 16.6. The molecule has 1 aromatic heterocycles. The molecule has 128 valence electrons. The highest BCUT2D eigenvalue weighted by Crippen LogP contribution is 2.29. The van der Waals surface area contributed by atoms with Crippen LogP contribution in [0.25, 0.3) is 0 Å². The average molecular weight is 393 g/mol. The lowest BCUT2D eigenvalue weighted by molar-refractivity contribution is 0.102. The van der Waals surface area contributed by atoms with Gasteiger partial charge in [-0.05, 0) is 31.2 Å². The summed E-state index contributed by atoms with van der Waals surface area (Å²) in [5, 5.41) is 5.78. The Labute approximate surface area is 159 Å². The Hall–Kier alpha value is -2.08. The minimum absolute atomic E-state index is 0.302. The lowest BCUT2D eigenvalue weighted by Gasteiger charge is -2.06. The summed E-state index contributed by atoms with van der Waals surface area (Å²) in [7, 11) is 0. The molecular formula is C18H14Cl2N2O2S. The normalized spacial score (nSPS) is 10.5. The Kier molecular flexibility index (Phi) is 5.58. The van der Waals surface area contributed by atoms with E-state index in [4.69, 9.17) is 27.9 Å². The third-order valence-corrected chi connectivity index (χ3v) is 5.01. The third-order valence-electron chi connectivity index (χ3n) is 3.37. The van der Waals surface area contributed by atoms with Gasteiger partial charge < -0.3 is 10.1 Å². The van der Waals surface area contributed by atoms with Crippen molar-refractivity contribution >= 4 is 46.1 Å². The maximum atomic E-state index is 12.3. The second-order valence-corrected chi connectivity index (χ2v) is 7.01. The van der Waals surface area contributed by atoms with E-state index in [0.29, 0.717) is 33.0 Å². The van der Waals surface area contributed by atoms with Gasteiger partial charge in [-0.3, -0.25) is 4.79 Å². The molecule has 1 heterocycles. The molecule has 0 fully saturated rings. The predicted octanol–water partition coefficient (Wildman–Crippen LogP) is 5.59. The largest absolute Gasteiger partial charge is 0.486 e. The van der Waals surface area contributed by atoms with Gasteiger partial charge in [0.15, 0.2) is 0 Å². The number of rotatable bonds is 5. The summed E-state index contributed by atoms with van der Waals surface area (Å²) in [6, 6.07) is 12.8. The van der Waals surface area contributed by atoms with Gasteiger partial charge in [-0.25, -0.2) is 4.98 Å². The average Bonchev–Trinajstić information content (AvgIpc) is 3.08. The lowest BCUT2D eigenvalue weighted by Crippen LogP contribution is -2.13. The molecule has 0 aliphatic carbocycles. The first-order chi connectivity index (χ1) is 12.0. The zero-order valence-corrected chi connectivity index (χ0v) is 15.6. The minimum atomic E-state index is -0.345. The van der Waals surface area contributed by atoms with Gasteiger partial charge in [-0.1, -0.05) is 47.0 Å². The van der Waals surface area contributed by atoms with Crippen molar-refractivity contribution < 1.29 is 9.53 Å². The molecular weight excluding hydrogens is 379 g/mol. The fraction of sp³-hybridized carbons (Fsp3) is 0.111. The van der Waals surface area contributed by atoms with Crippen LogP contribution < -0.4 is 10.1 Å². The van der Waals surface area contributed by atoms with Crippen molar-refractivity contribution in [3.05, 3.63) is 74.2 Å². The van der Waals surface area contributed by atoms with E-state index < -0.39 is 0 Å². The number of thiazole rings is 1. The first-order valence-electron chi connectivity index (χ1n) is 7.42. The van der Waals surface area contributed by atoms with Crippen LogP contribution in [0.4, 0.5) is 5.69 Å². The molecule has 2 aromatic carbocycles. The van der Waals surface area contributed by atoms with Gasteiger partial charge in [0, 0.05) is 5.38 Å². The molecule has 1 N–H and O–H groups in total. The van der Waals surface area contributed by atoms with Crippen LogP contribution in [0.2, 0.25) is 10.0 Å². The van der Waals surface area contributed by atoms with Crippen molar-refractivity contribution in [1.29, 1.82) is 0 Å². The monoisotopic (exact) mass is 392 g/mol. The van der Waals surface area contributed by atoms with Gasteiger partial charge in [0.05, 0.1) is 15.7 Å². The predicted molar refractivity (Wildman–Crippen MR) is 102 cm³/mol. The number of aryl methyl sites for hydroxylation is 1. The van der Waals surface area contributed by atoms with E-state index in [0.717, 1.165) is 5.75 Å². The van der Waals surface area contributed by atoms with Crippen LogP contribution in [0.3, 0.4) is 0 Å². The van der Waals surface area contributed by atoms with Crippen LogP contribution in [0.5, 0.6) is 5.75 Å². The first-order valence-corrected chi connectivity index (χ1v) is 9.06. The topological polar surface area (TPSA) is 51.2 Å². The van der Waals surface area contributed by atoms with Crippen molar-refractivity contribution in [2.75, 3.05) is 5.32 Å². The van der Waals surface area contributed by atoms with Crippen molar-refractivity contribution in [2.24, 2.45) is 0 Å². The van der Waals surface area contributed by atoms with Gasteiger partial charge >= 0.3 is 0 Å². The minimum Gasteiger partial charge on any atom is -0.486 e. The van der Waals surface area contributed by atoms with E-state index in [2.05, 4.69) is 10.3 Å². The number of anilines is 1. The van der Waals surface area contributed by atoms with Gasteiger partial charge in [-0.15, -0.1) is 11.3 Å². The van der Waals surface area contributed by atoms with Gasteiger partial charge in [0.25, 0.3) is 5.91 Å². The molecule has 7 heteroatoms. The Morgan fingerprint density at radius 1 is 1.20 bits per heavy atom. The molecule has 0 spiro atoms. The van der Waals surface area contributed by atoms with Crippen molar-refractivity contribution in [1.82, 2.24) is 4.98 Å². The Morgan fingerprint density at radius 2 is 1.96 bits per heavy atom. The molecule has 3 aromatic rings. The van der Waals surface area contributed by atoms with E-state index in [9.17, 15) is 4.79 Å². The Bertz CT molecular complexity index is 894. The van der Waals surface area contributed by atoms with Crippen molar-refractivity contribution in [2.45, 2.75) is 13.5 Å². The molecule has 1 amide bonds. The molecule has 0 unspecified atom stereocenters. The second kappa shape index (κ2) is 7.87. The molecule has 25 heavy (non-hydrogen) atoms. The zero-order chi connectivity index (χ0) is 17.8. The van der Waals surface area contributed by atoms with E-state index in [1.54, 1.807) is 23.6 Å². The van der Waals surface area contributed by atoms with Crippen LogP contribution in [0, 0.1) is 6.92 Å². The number of hydrogen-bond donors (Lipinski definition) is 1. The molecule has 0 aliphatic heterocycles. The van der Waals surface area contributed by atoms with Crippen molar-refractivity contribution in [3.63, 3.8) is 0 Å². The van der Waals surface area contributed by atoms with Crippen LogP contribution in [-0.4, -0.2) is 10.9 Å². The fourth-order valence-corrected chi connectivity index (χ4v) is 3.08. The number of carbonyl (C=O) groups excluding carboxylic acids is 1. The quantitative estimate of drug-likeness (QED) is 0.615. The highest BCUT2D eigenvalue weighted by Gasteiger charge is 2.14. The van der Waals surface area contributed by atoms with Crippen molar-refractivity contribution in [3.8, 4) is 5.75 Å². The van der Waals surface area contributed by atoms with Crippen LogP contribution in [0.15, 0.2) is 47.8 Å². The fourth-order valence-electron chi connectivity index (χ4n) is 2.05. The summed E-state index contributed by atoms with van der Waals surface area (Å²) in [6.07, 6.45) is 0. The number of hydrogen-bond acceptors (Lipinski definition) is 4. The number of ether oxygens (including phenoxy) is 1. The number of halogens is 2. The SMILES string of the molecule is Cc1ccc(OCc2nc(C(=O)Nc3cccc(Cl)c3Cl)cs2)cc1. The molecule has 0 saturated carbocycles. The zero-order valence-electron chi connectivity index (χ0n) is 13.3. The molecule has 0 bridgehead atoms. The standard InChI is InChI=1S/C18H14Cl2N2O2S/c1-11-5-7-12(8-6-11)24-9-16-21-15(10-25-16)18(23)22-14-4-2-3-13(19)17(14)20/h2-8,10H,9H2,1H3,(H,22,23). The molecule has 0 saturated heterocycles. The van der Waals surface area contributed by atoms with E-state index >= 15 is 0 Å². The van der Waals surface area contributed by atoms with Crippen LogP contribution >= 0.6 is 34.5 Å². The summed E-state index contributed by atoms with van der Waals surface area (Å²) in [5.41, 5.74) is 1.92. The number of carbonyl (C=O) groups is 1. The first kappa shape index (κ1) is 17.7. The van der Waals surface area contributed by atoms with Crippen LogP contribution in [0.1, 0.15) is 21.1 Å². The number of amides is 1. The number of aromatic nitrogens is 1. The summed E-state index contributed by atoms with van der Waals surface area (Å²) in [6.45, 7) is 2.32. The highest BCUT2D eigenvalue weighted by molar-refractivity contribution is 7.09. The maximum absolute atomic E-state index is 12.3. The third kappa shape index (κ3) is 4.51. The Balaban J connectivity index is 1.63. The van der Waals surface area contributed by atoms with Gasteiger partial charge in [-0.2, -0.15) is 0 Å². The molecule has 3 rings (SSSR count). The van der Waals surface area contributed by atoms with Gasteiger partial charge in [0.1, 0.15) is 23.1 Å². The number of nitrogens with zero attached hydrogens (tertiary/aromatic N) is 1. The smallest absolute Gasteiger partial charge is 0.275 e. The van der Waals surface area contributed by atoms with E-state index in [-0.39, 0.29) is 5.91 Å². The number of nitrogens with one attached hydrogen (secondary N) is 1.